The van der Waals surface area contributed by atoms with Gasteiger partial charge in [0.2, 0.25) is 0 Å². The van der Waals surface area contributed by atoms with E-state index in [-0.39, 0.29) is 0 Å². The van der Waals surface area contributed by atoms with Crippen LogP contribution >= 0.6 is 0 Å². The zero-order valence-electron chi connectivity index (χ0n) is 33.4. The molecule has 0 amide bonds. The molecule has 1 aromatic heterocycles. The normalized spacial score (nSPS) is 11.8. The van der Waals surface area contributed by atoms with Crippen LogP contribution in [0.4, 0.5) is 17.1 Å². The van der Waals surface area contributed by atoms with E-state index < -0.39 is 0 Å². The van der Waals surface area contributed by atoms with Gasteiger partial charge in [-0.25, -0.2) is 0 Å². The van der Waals surface area contributed by atoms with Crippen molar-refractivity contribution in [2.45, 2.75) is 13.8 Å². The Bertz CT molecular complexity index is 3560. The number of anilines is 3. The van der Waals surface area contributed by atoms with Crippen molar-refractivity contribution in [3.63, 3.8) is 0 Å². The highest BCUT2D eigenvalue weighted by Gasteiger charge is 2.24. The molecule has 0 spiro atoms. The topological polar surface area (TPSA) is 16.4 Å². The number of rotatable bonds is 5. The number of para-hydroxylation sites is 1. The fourth-order valence-electron chi connectivity index (χ4n) is 9.95. The third-order valence-corrected chi connectivity index (χ3v) is 12.7. The Morgan fingerprint density at radius 3 is 1.25 bits per heavy atom. The van der Waals surface area contributed by atoms with E-state index in [2.05, 4.69) is 213 Å². The summed E-state index contributed by atoms with van der Waals surface area (Å²) < 4.78 is 6.43. The van der Waals surface area contributed by atoms with Crippen LogP contribution in [0.25, 0.3) is 98.1 Å². The molecule has 2 heteroatoms. The molecule has 0 aliphatic heterocycles. The van der Waals surface area contributed by atoms with Gasteiger partial charge >= 0.3 is 0 Å². The van der Waals surface area contributed by atoms with Gasteiger partial charge in [-0.1, -0.05) is 164 Å². The number of fused-ring (bicyclic) bond motifs is 8. The van der Waals surface area contributed by atoms with E-state index in [1.54, 1.807) is 0 Å². The predicted octanol–water partition coefficient (Wildman–Crippen LogP) is 16.8. The molecule has 60 heavy (non-hydrogen) atoms. The average Bonchev–Trinajstić information content (AvgIpc) is 3.68. The van der Waals surface area contributed by atoms with Gasteiger partial charge in [0, 0.05) is 26.9 Å². The first-order valence-corrected chi connectivity index (χ1v) is 20.8. The Balaban J connectivity index is 1.14. The van der Waals surface area contributed by atoms with E-state index >= 15 is 0 Å². The van der Waals surface area contributed by atoms with Gasteiger partial charge in [0.15, 0.2) is 0 Å². The van der Waals surface area contributed by atoms with Gasteiger partial charge in [-0.05, 0) is 121 Å². The summed E-state index contributed by atoms with van der Waals surface area (Å²) in [7, 11) is 0. The minimum Gasteiger partial charge on any atom is -0.456 e. The first kappa shape index (κ1) is 34.4. The summed E-state index contributed by atoms with van der Waals surface area (Å²) in [6.45, 7) is 4.41. The molecule has 0 aliphatic carbocycles. The fraction of sp³-hybridized carbons (Fsp3) is 0.0345. The first-order chi connectivity index (χ1) is 29.6. The quantitative estimate of drug-likeness (QED) is 0.162. The molecule has 0 unspecified atom stereocenters. The average molecular weight is 766 g/mol. The summed E-state index contributed by atoms with van der Waals surface area (Å²) in [6.07, 6.45) is 0. The van der Waals surface area contributed by atoms with E-state index in [1.165, 1.54) is 81.7 Å². The Morgan fingerprint density at radius 1 is 0.300 bits per heavy atom. The van der Waals surface area contributed by atoms with Gasteiger partial charge in [-0.3, -0.25) is 0 Å². The highest BCUT2D eigenvalue weighted by Crippen LogP contribution is 2.50. The standard InChI is InChI=1S/C58H39NO/c1-36-27-32-52(42-18-6-3-15-39(36)42)59(53-33-28-37(2)40-16-4-7-19-43(40)53)54-34-31-51(41-17-5-8-20-44(41)54)58-49-24-11-9-22-47(49)57(48-23-10-12-25-50(48)58)38-29-30-46-45-21-13-14-26-55(45)60-56(46)35-38/h3-35H,1-2H3. The number of nitrogens with zero attached hydrogens (tertiary/aromatic N) is 1. The summed E-state index contributed by atoms with van der Waals surface area (Å²) in [5.74, 6) is 0. The number of hydrogen-bond acceptors (Lipinski definition) is 2. The molecule has 0 aliphatic rings. The van der Waals surface area contributed by atoms with Crippen molar-refractivity contribution in [2.24, 2.45) is 0 Å². The lowest BCUT2D eigenvalue weighted by molar-refractivity contribution is 0.669. The Labute approximate surface area is 348 Å². The van der Waals surface area contributed by atoms with E-state index in [4.69, 9.17) is 4.42 Å². The number of benzene rings is 11. The summed E-state index contributed by atoms with van der Waals surface area (Å²) in [6, 6.07) is 73.3. The van der Waals surface area contributed by atoms with Crippen molar-refractivity contribution in [1.29, 1.82) is 0 Å². The van der Waals surface area contributed by atoms with Crippen LogP contribution < -0.4 is 4.90 Å². The number of aryl methyl sites for hydroxylation is 2. The fourth-order valence-corrected chi connectivity index (χ4v) is 9.95. The monoisotopic (exact) mass is 765 g/mol. The second-order valence-corrected chi connectivity index (χ2v) is 16.1. The second kappa shape index (κ2) is 13.4. The van der Waals surface area contributed by atoms with Crippen LogP contribution in [-0.2, 0) is 0 Å². The van der Waals surface area contributed by atoms with Crippen LogP contribution in [0.1, 0.15) is 11.1 Å². The molecule has 0 radical (unpaired) electrons. The molecule has 0 fully saturated rings. The molecule has 282 valence electrons. The van der Waals surface area contributed by atoms with E-state index in [1.807, 2.05) is 6.07 Å². The Kier molecular flexibility index (Phi) is 7.70. The van der Waals surface area contributed by atoms with Gasteiger partial charge in [0.1, 0.15) is 11.2 Å². The molecule has 0 N–H and O–H groups in total. The van der Waals surface area contributed by atoms with Crippen LogP contribution in [0.2, 0.25) is 0 Å². The van der Waals surface area contributed by atoms with Gasteiger partial charge in [0.25, 0.3) is 0 Å². The number of furan rings is 1. The maximum Gasteiger partial charge on any atom is 0.136 e. The SMILES string of the molecule is Cc1ccc(N(c2ccc(C)c3ccccc23)c2ccc(-c3c4ccccc4c(-c4ccc5c(c4)oc4ccccc45)c4ccccc34)c3ccccc23)c2ccccc12. The molecule has 1 heterocycles. The van der Waals surface area contributed by atoms with Crippen LogP contribution in [0.5, 0.6) is 0 Å². The third-order valence-electron chi connectivity index (χ3n) is 12.7. The lowest BCUT2D eigenvalue weighted by Gasteiger charge is -2.30. The zero-order valence-corrected chi connectivity index (χ0v) is 33.4. The minimum absolute atomic E-state index is 0.903. The van der Waals surface area contributed by atoms with Crippen molar-refractivity contribution >= 4 is 92.9 Å². The van der Waals surface area contributed by atoms with Crippen molar-refractivity contribution < 1.29 is 4.42 Å². The second-order valence-electron chi connectivity index (χ2n) is 16.1. The lowest BCUT2D eigenvalue weighted by Crippen LogP contribution is -2.12. The highest BCUT2D eigenvalue weighted by molar-refractivity contribution is 6.25. The lowest BCUT2D eigenvalue weighted by atomic mass is 9.84. The van der Waals surface area contributed by atoms with Gasteiger partial charge in [-0.15, -0.1) is 0 Å². The van der Waals surface area contributed by atoms with Crippen LogP contribution in [-0.4, -0.2) is 0 Å². The zero-order chi connectivity index (χ0) is 39.9. The summed E-state index contributed by atoms with van der Waals surface area (Å²) >= 11 is 0. The molecule has 2 nitrogen and oxygen atoms in total. The van der Waals surface area contributed by atoms with Crippen molar-refractivity contribution in [3.8, 4) is 22.3 Å². The van der Waals surface area contributed by atoms with E-state index in [0.29, 0.717) is 0 Å². The van der Waals surface area contributed by atoms with Crippen LogP contribution in [0.3, 0.4) is 0 Å². The Hall–Kier alpha value is -7.68. The van der Waals surface area contributed by atoms with Gasteiger partial charge in [0.05, 0.1) is 17.1 Å². The maximum absolute atomic E-state index is 6.43. The molecule has 0 saturated heterocycles. The van der Waals surface area contributed by atoms with E-state index in [0.717, 1.165) is 44.6 Å². The summed E-state index contributed by atoms with van der Waals surface area (Å²) in [4.78, 5) is 2.50. The molecule has 12 rings (SSSR count). The maximum atomic E-state index is 6.43. The smallest absolute Gasteiger partial charge is 0.136 e. The van der Waals surface area contributed by atoms with Crippen molar-refractivity contribution in [2.75, 3.05) is 4.90 Å². The molecule has 0 saturated carbocycles. The third kappa shape index (κ3) is 5.14. The highest BCUT2D eigenvalue weighted by atomic mass is 16.3. The van der Waals surface area contributed by atoms with Crippen LogP contribution in [0.15, 0.2) is 205 Å². The largest absolute Gasteiger partial charge is 0.456 e. The summed E-state index contributed by atoms with van der Waals surface area (Å²) in [5.41, 5.74) is 12.6. The Morgan fingerprint density at radius 2 is 0.700 bits per heavy atom. The molecular weight excluding hydrogens is 727 g/mol. The van der Waals surface area contributed by atoms with Crippen LogP contribution in [0, 0.1) is 13.8 Å². The molecule has 0 bridgehead atoms. The van der Waals surface area contributed by atoms with E-state index in [9.17, 15) is 0 Å². The number of hydrogen-bond donors (Lipinski definition) is 0. The van der Waals surface area contributed by atoms with Crippen molar-refractivity contribution in [1.82, 2.24) is 0 Å². The predicted molar refractivity (Wildman–Crippen MR) is 256 cm³/mol. The molecule has 11 aromatic carbocycles. The van der Waals surface area contributed by atoms with Gasteiger partial charge in [-0.2, -0.15) is 0 Å². The molecular formula is C58H39NO. The van der Waals surface area contributed by atoms with Crippen molar-refractivity contribution in [3.05, 3.63) is 211 Å². The first-order valence-electron chi connectivity index (χ1n) is 20.8. The molecule has 0 atom stereocenters. The minimum atomic E-state index is 0.903. The molecule has 12 aromatic rings. The summed E-state index contributed by atoms with van der Waals surface area (Å²) in [5, 5.41) is 14.5. The van der Waals surface area contributed by atoms with Gasteiger partial charge < -0.3 is 9.32 Å².